The van der Waals surface area contributed by atoms with E-state index in [1.54, 1.807) is 24.3 Å². The van der Waals surface area contributed by atoms with Crippen molar-refractivity contribution in [1.29, 1.82) is 0 Å². The molecule has 0 spiro atoms. The molecule has 1 aromatic carbocycles. The van der Waals surface area contributed by atoms with Crippen LogP contribution in [0.1, 0.15) is 12.8 Å². The van der Waals surface area contributed by atoms with Gasteiger partial charge in [0.2, 0.25) is 15.9 Å². The predicted molar refractivity (Wildman–Crippen MR) is 85.5 cm³/mol. The van der Waals surface area contributed by atoms with E-state index < -0.39 is 16.1 Å². The maximum absolute atomic E-state index is 12.3. The Morgan fingerprint density at radius 2 is 2.09 bits per heavy atom. The molecule has 0 unspecified atom stereocenters. The third-order valence-corrected chi connectivity index (χ3v) is 5.61. The Hall–Kier alpha value is -1.15. The molecule has 6 nitrogen and oxygen atoms in total. The Balaban J connectivity index is 2.06. The summed E-state index contributed by atoms with van der Waals surface area (Å²) >= 11 is 5.79. The van der Waals surface area contributed by atoms with Gasteiger partial charge in [0, 0.05) is 24.4 Å². The zero-order chi connectivity index (χ0) is 16.2. The van der Waals surface area contributed by atoms with Gasteiger partial charge in [0.05, 0.1) is 12.4 Å². The number of nitrogens with zero attached hydrogens (tertiary/aromatic N) is 1. The molecule has 1 heterocycles. The van der Waals surface area contributed by atoms with Crippen molar-refractivity contribution in [2.45, 2.75) is 18.9 Å². The Morgan fingerprint density at radius 3 is 2.73 bits per heavy atom. The number of rotatable bonds is 6. The minimum atomic E-state index is -3.49. The number of benzene rings is 1. The van der Waals surface area contributed by atoms with Gasteiger partial charge in [0.15, 0.2) is 0 Å². The number of ether oxygens (including phenoxy) is 1. The van der Waals surface area contributed by atoms with Crippen LogP contribution in [-0.4, -0.2) is 50.7 Å². The van der Waals surface area contributed by atoms with Crippen molar-refractivity contribution < 1.29 is 17.9 Å². The van der Waals surface area contributed by atoms with Crippen molar-refractivity contribution in [2.24, 2.45) is 0 Å². The van der Waals surface area contributed by atoms with Crippen LogP contribution in [0, 0.1) is 0 Å². The Morgan fingerprint density at radius 1 is 1.41 bits per heavy atom. The number of carbonyl (C=O) groups is 1. The zero-order valence-corrected chi connectivity index (χ0v) is 13.9. The zero-order valence-electron chi connectivity index (χ0n) is 12.3. The van der Waals surface area contributed by atoms with Gasteiger partial charge in [-0.25, -0.2) is 8.42 Å². The summed E-state index contributed by atoms with van der Waals surface area (Å²) in [6, 6.07) is 6.02. The number of nitrogens with one attached hydrogen (secondary N) is 1. The summed E-state index contributed by atoms with van der Waals surface area (Å²) < 4.78 is 30.6. The molecule has 0 saturated carbocycles. The number of hydrogen-bond acceptors (Lipinski definition) is 4. The number of hydrogen-bond donors (Lipinski definition) is 1. The summed E-state index contributed by atoms with van der Waals surface area (Å²) in [5, 5.41) is 3.31. The fourth-order valence-electron chi connectivity index (χ4n) is 2.40. The maximum atomic E-state index is 12.3. The summed E-state index contributed by atoms with van der Waals surface area (Å²) in [5.74, 6) is -0.436. The van der Waals surface area contributed by atoms with E-state index in [1.807, 2.05) is 0 Å². The number of sulfonamides is 1. The first kappa shape index (κ1) is 17.2. The van der Waals surface area contributed by atoms with E-state index in [4.69, 9.17) is 16.3 Å². The molecule has 1 N–H and O–H groups in total. The molecule has 1 amide bonds. The first-order valence-corrected chi connectivity index (χ1v) is 8.97. The molecule has 0 aliphatic carbocycles. The van der Waals surface area contributed by atoms with Crippen molar-refractivity contribution in [1.82, 2.24) is 4.31 Å². The molecule has 0 aromatic heterocycles. The minimum Gasteiger partial charge on any atom is -0.384 e. The molecule has 1 aromatic rings. The molecule has 1 atom stereocenters. The Kier molecular flexibility index (Phi) is 5.80. The first-order valence-electron chi connectivity index (χ1n) is 6.99. The quantitative estimate of drug-likeness (QED) is 0.851. The van der Waals surface area contributed by atoms with E-state index in [0.717, 1.165) is 0 Å². The van der Waals surface area contributed by atoms with E-state index in [0.29, 0.717) is 30.1 Å². The molecular weight excluding hydrogens is 328 g/mol. The third kappa shape index (κ3) is 4.19. The highest BCUT2D eigenvalue weighted by Gasteiger charge is 2.38. The maximum Gasteiger partial charge on any atom is 0.242 e. The second kappa shape index (κ2) is 7.41. The lowest BCUT2D eigenvalue weighted by Crippen LogP contribution is -2.44. The Bertz CT molecular complexity index is 618. The topological polar surface area (TPSA) is 75.7 Å². The van der Waals surface area contributed by atoms with E-state index in [1.165, 1.54) is 11.4 Å². The smallest absolute Gasteiger partial charge is 0.242 e. The molecule has 1 aliphatic rings. The van der Waals surface area contributed by atoms with Crippen molar-refractivity contribution in [3.05, 3.63) is 29.3 Å². The van der Waals surface area contributed by atoms with Gasteiger partial charge in [-0.2, -0.15) is 4.31 Å². The van der Waals surface area contributed by atoms with Gasteiger partial charge in [0.1, 0.15) is 6.04 Å². The van der Waals surface area contributed by atoms with Gasteiger partial charge in [0.25, 0.3) is 0 Å². The van der Waals surface area contributed by atoms with Crippen molar-refractivity contribution in [3.8, 4) is 0 Å². The molecule has 1 saturated heterocycles. The fourth-order valence-corrected chi connectivity index (χ4v) is 4.13. The normalized spacial score (nSPS) is 19.3. The van der Waals surface area contributed by atoms with Crippen LogP contribution < -0.4 is 5.32 Å². The van der Waals surface area contributed by atoms with Crippen LogP contribution in [0.3, 0.4) is 0 Å². The van der Waals surface area contributed by atoms with E-state index in [9.17, 15) is 13.2 Å². The van der Waals surface area contributed by atoms with Crippen LogP contribution in [0.25, 0.3) is 0 Å². The first-order chi connectivity index (χ1) is 10.4. The Labute approximate surface area is 135 Å². The van der Waals surface area contributed by atoms with E-state index in [-0.39, 0.29) is 18.3 Å². The van der Waals surface area contributed by atoms with Gasteiger partial charge < -0.3 is 10.1 Å². The SMILES string of the molecule is COCCS(=O)(=O)N1CCC[C@H]1C(=O)Nc1ccc(Cl)cc1. The number of carbonyl (C=O) groups excluding carboxylic acids is 1. The lowest BCUT2D eigenvalue weighted by atomic mass is 10.2. The number of halogens is 1. The summed E-state index contributed by atoms with van der Waals surface area (Å²) in [7, 11) is -2.04. The van der Waals surface area contributed by atoms with Crippen LogP contribution in [-0.2, 0) is 19.6 Å². The van der Waals surface area contributed by atoms with Gasteiger partial charge in [-0.3, -0.25) is 4.79 Å². The fraction of sp³-hybridized carbons (Fsp3) is 0.500. The monoisotopic (exact) mass is 346 g/mol. The number of methoxy groups -OCH3 is 1. The summed E-state index contributed by atoms with van der Waals surface area (Å²) in [4.78, 5) is 12.3. The molecule has 1 aliphatic heterocycles. The second-order valence-corrected chi connectivity index (χ2v) is 7.55. The average Bonchev–Trinajstić information content (AvgIpc) is 2.98. The largest absolute Gasteiger partial charge is 0.384 e. The van der Waals surface area contributed by atoms with Gasteiger partial charge >= 0.3 is 0 Å². The molecule has 22 heavy (non-hydrogen) atoms. The highest BCUT2D eigenvalue weighted by molar-refractivity contribution is 7.89. The summed E-state index contributed by atoms with van der Waals surface area (Å²) in [5.41, 5.74) is 0.593. The lowest BCUT2D eigenvalue weighted by Gasteiger charge is -2.23. The highest BCUT2D eigenvalue weighted by Crippen LogP contribution is 2.23. The standard InChI is InChI=1S/C14H19ClN2O4S/c1-21-9-10-22(19,20)17-8-2-3-13(17)14(18)16-12-6-4-11(15)5-7-12/h4-7,13H,2-3,8-10H2,1H3,(H,16,18)/t13-/m0/s1. The van der Waals surface area contributed by atoms with Crippen LogP contribution in [0.5, 0.6) is 0 Å². The van der Waals surface area contributed by atoms with E-state index in [2.05, 4.69) is 5.32 Å². The molecule has 0 bridgehead atoms. The van der Waals surface area contributed by atoms with Crippen molar-refractivity contribution in [2.75, 3.05) is 31.3 Å². The summed E-state index contributed by atoms with van der Waals surface area (Å²) in [6.45, 7) is 0.481. The van der Waals surface area contributed by atoms with Crippen molar-refractivity contribution in [3.63, 3.8) is 0 Å². The van der Waals surface area contributed by atoms with Crippen LogP contribution in [0.15, 0.2) is 24.3 Å². The molecule has 1 fully saturated rings. The third-order valence-electron chi connectivity index (χ3n) is 3.52. The van der Waals surface area contributed by atoms with E-state index >= 15 is 0 Å². The van der Waals surface area contributed by atoms with Gasteiger partial charge in [-0.1, -0.05) is 11.6 Å². The van der Waals surface area contributed by atoms with Crippen molar-refractivity contribution >= 4 is 33.2 Å². The molecular formula is C14H19ClN2O4S. The number of amides is 1. The summed E-state index contributed by atoms with van der Waals surface area (Å²) in [6.07, 6.45) is 1.19. The van der Waals surface area contributed by atoms with Gasteiger partial charge in [-0.15, -0.1) is 0 Å². The van der Waals surface area contributed by atoms with Gasteiger partial charge in [-0.05, 0) is 37.1 Å². The second-order valence-electron chi connectivity index (χ2n) is 5.07. The number of anilines is 1. The van der Waals surface area contributed by atoms with Crippen LogP contribution >= 0.6 is 11.6 Å². The molecule has 0 radical (unpaired) electrons. The minimum absolute atomic E-state index is 0.115. The van der Waals surface area contributed by atoms with Crippen LogP contribution in [0.2, 0.25) is 5.02 Å². The molecule has 8 heteroatoms. The predicted octanol–water partition coefficient (Wildman–Crippen LogP) is 1.72. The molecule has 2 rings (SSSR count). The van der Waals surface area contributed by atoms with Crippen LogP contribution in [0.4, 0.5) is 5.69 Å². The average molecular weight is 347 g/mol. The molecule has 122 valence electrons. The lowest BCUT2D eigenvalue weighted by molar-refractivity contribution is -0.119. The highest BCUT2D eigenvalue weighted by atomic mass is 35.5.